The summed E-state index contributed by atoms with van der Waals surface area (Å²) in [6, 6.07) is 15.0. The highest BCUT2D eigenvalue weighted by atomic mass is 19.1. The smallest absolute Gasteiger partial charge is 0.225 e. The van der Waals surface area contributed by atoms with Crippen molar-refractivity contribution in [3.63, 3.8) is 0 Å². The SMILES string of the molecule is COc1cccc(-c2cnc(N(C)C)nc2C2CCCN2Cc2ccc(F)cc2)c1. The molecule has 5 nitrogen and oxygen atoms in total. The second kappa shape index (κ2) is 8.79. The molecule has 0 spiro atoms. The summed E-state index contributed by atoms with van der Waals surface area (Å²) in [5.74, 6) is 1.30. The molecule has 1 atom stereocenters. The van der Waals surface area contributed by atoms with E-state index < -0.39 is 0 Å². The molecular formula is C24H27FN4O. The minimum absolute atomic E-state index is 0.179. The van der Waals surface area contributed by atoms with Crippen LogP contribution < -0.4 is 9.64 Å². The van der Waals surface area contributed by atoms with Crippen LogP contribution in [0.25, 0.3) is 11.1 Å². The van der Waals surface area contributed by atoms with E-state index in [1.807, 2.05) is 55.5 Å². The van der Waals surface area contributed by atoms with Crippen LogP contribution in [-0.4, -0.2) is 42.6 Å². The molecule has 1 aliphatic rings. The summed E-state index contributed by atoms with van der Waals surface area (Å²) in [5, 5.41) is 0. The Labute approximate surface area is 177 Å². The Kier molecular flexibility index (Phi) is 5.95. The third-order valence-electron chi connectivity index (χ3n) is 5.56. The monoisotopic (exact) mass is 406 g/mol. The fraction of sp³-hybridized carbons (Fsp3) is 0.333. The third kappa shape index (κ3) is 4.28. The first-order valence-corrected chi connectivity index (χ1v) is 10.2. The molecule has 3 aromatic rings. The largest absolute Gasteiger partial charge is 0.497 e. The van der Waals surface area contributed by atoms with Crippen LogP contribution in [-0.2, 0) is 6.54 Å². The third-order valence-corrected chi connectivity index (χ3v) is 5.56. The van der Waals surface area contributed by atoms with Gasteiger partial charge in [-0.2, -0.15) is 0 Å². The number of aromatic nitrogens is 2. The lowest BCUT2D eigenvalue weighted by molar-refractivity contribution is 0.245. The number of ether oxygens (including phenoxy) is 1. The molecule has 0 saturated carbocycles. The molecule has 6 heteroatoms. The minimum atomic E-state index is -0.205. The molecule has 0 radical (unpaired) electrons. The van der Waals surface area contributed by atoms with Gasteiger partial charge in [0, 0.05) is 32.4 Å². The minimum Gasteiger partial charge on any atom is -0.497 e. The molecule has 1 aliphatic heterocycles. The maximum Gasteiger partial charge on any atom is 0.225 e. The van der Waals surface area contributed by atoms with Crippen LogP contribution in [0.2, 0.25) is 0 Å². The van der Waals surface area contributed by atoms with Gasteiger partial charge in [0.1, 0.15) is 11.6 Å². The van der Waals surface area contributed by atoms with Gasteiger partial charge in [-0.1, -0.05) is 24.3 Å². The van der Waals surface area contributed by atoms with Crippen molar-refractivity contribution in [3.8, 4) is 16.9 Å². The van der Waals surface area contributed by atoms with Gasteiger partial charge >= 0.3 is 0 Å². The number of hydrogen-bond acceptors (Lipinski definition) is 5. The first-order valence-electron chi connectivity index (χ1n) is 10.2. The molecule has 30 heavy (non-hydrogen) atoms. The summed E-state index contributed by atoms with van der Waals surface area (Å²) in [7, 11) is 5.58. The summed E-state index contributed by atoms with van der Waals surface area (Å²) >= 11 is 0. The number of likely N-dealkylation sites (tertiary alicyclic amines) is 1. The van der Waals surface area contributed by atoms with Gasteiger partial charge in [0.2, 0.25) is 5.95 Å². The lowest BCUT2D eigenvalue weighted by atomic mass is 9.99. The van der Waals surface area contributed by atoms with Gasteiger partial charge in [0.05, 0.1) is 18.8 Å². The Morgan fingerprint density at radius 2 is 1.97 bits per heavy atom. The quantitative estimate of drug-likeness (QED) is 0.594. The van der Waals surface area contributed by atoms with Crippen LogP contribution in [0.3, 0.4) is 0 Å². The van der Waals surface area contributed by atoms with E-state index in [0.717, 1.165) is 54.1 Å². The van der Waals surface area contributed by atoms with Gasteiger partial charge in [-0.3, -0.25) is 4.90 Å². The lowest BCUT2D eigenvalue weighted by Gasteiger charge is -2.27. The molecule has 0 bridgehead atoms. The zero-order chi connectivity index (χ0) is 21.1. The van der Waals surface area contributed by atoms with Crippen molar-refractivity contribution in [1.29, 1.82) is 0 Å². The Bertz CT molecular complexity index is 1010. The Balaban J connectivity index is 1.73. The van der Waals surface area contributed by atoms with Crippen molar-refractivity contribution >= 4 is 5.95 Å². The second-order valence-electron chi connectivity index (χ2n) is 7.85. The number of anilines is 1. The fourth-order valence-electron chi connectivity index (χ4n) is 4.02. The summed E-state index contributed by atoms with van der Waals surface area (Å²) in [5.41, 5.74) is 4.20. The van der Waals surface area contributed by atoms with E-state index in [2.05, 4.69) is 16.0 Å². The Morgan fingerprint density at radius 3 is 2.70 bits per heavy atom. The zero-order valence-electron chi connectivity index (χ0n) is 17.7. The van der Waals surface area contributed by atoms with E-state index in [9.17, 15) is 4.39 Å². The van der Waals surface area contributed by atoms with Crippen LogP contribution in [0.15, 0.2) is 54.7 Å². The van der Waals surface area contributed by atoms with Crippen LogP contribution >= 0.6 is 0 Å². The summed E-state index contributed by atoms with van der Waals surface area (Å²) in [6.07, 6.45) is 4.05. The van der Waals surface area contributed by atoms with E-state index in [4.69, 9.17) is 9.72 Å². The highest BCUT2D eigenvalue weighted by Gasteiger charge is 2.30. The second-order valence-corrected chi connectivity index (χ2v) is 7.85. The first-order chi connectivity index (χ1) is 14.5. The van der Waals surface area contributed by atoms with Crippen LogP contribution in [0.1, 0.15) is 30.1 Å². The molecule has 1 unspecified atom stereocenters. The Hall–Kier alpha value is -2.99. The molecule has 0 N–H and O–H groups in total. The van der Waals surface area contributed by atoms with Crippen molar-refractivity contribution in [3.05, 3.63) is 71.8 Å². The maximum absolute atomic E-state index is 13.3. The van der Waals surface area contributed by atoms with Gasteiger partial charge < -0.3 is 9.64 Å². The van der Waals surface area contributed by atoms with E-state index in [-0.39, 0.29) is 11.9 Å². The molecule has 0 aliphatic carbocycles. The molecule has 1 saturated heterocycles. The van der Waals surface area contributed by atoms with Crippen molar-refractivity contribution in [2.45, 2.75) is 25.4 Å². The summed E-state index contributed by atoms with van der Waals surface area (Å²) in [6.45, 7) is 1.75. The summed E-state index contributed by atoms with van der Waals surface area (Å²) in [4.78, 5) is 13.9. The number of methoxy groups -OCH3 is 1. The average Bonchev–Trinajstić information content (AvgIpc) is 3.23. The number of hydrogen-bond donors (Lipinski definition) is 0. The first kappa shape index (κ1) is 20.3. The standard InChI is InChI=1S/C24H27FN4O/c1-28(2)24-26-15-21(18-6-4-7-20(14-18)30-3)23(27-24)22-8-5-13-29(22)16-17-9-11-19(25)12-10-17/h4,6-7,9-12,14-15,22H,5,8,13,16H2,1-3H3. The lowest BCUT2D eigenvalue weighted by Crippen LogP contribution is -2.25. The van der Waals surface area contributed by atoms with E-state index in [1.165, 1.54) is 12.1 Å². The number of halogens is 1. The highest BCUT2D eigenvalue weighted by molar-refractivity contribution is 5.68. The van der Waals surface area contributed by atoms with Crippen LogP contribution in [0.5, 0.6) is 5.75 Å². The highest BCUT2D eigenvalue weighted by Crippen LogP contribution is 2.38. The van der Waals surface area contributed by atoms with E-state index in [1.54, 1.807) is 7.11 Å². The van der Waals surface area contributed by atoms with Crippen molar-refractivity contribution < 1.29 is 9.13 Å². The van der Waals surface area contributed by atoms with E-state index >= 15 is 0 Å². The van der Waals surface area contributed by atoms with Crippen molar-refractivity contribution in [2.24, 2.45) is 0 Å². The number of nitrogens with zero attached hydrogens (tertiary/aromatic N) is 4. The average molecular weight is 407 g/mol. The van der Waals surface area contributed by atoms with Gasteiger partial charge in [-0.05, 0) is 54.8 Å². The molecule has 2 heterocycles. The molecule has 156 valence electrons. The molecule has 2 aromatic carbocycles. The van der Waals surface area contributed by atoms with Gasteiger partial charge in [-0.15, -0.1) is 0 Å². The normalized spacial score (nSPS) is 16.6. The number of benzene rings is 2. The van der Waals surface area contributed by atoms with Crippen molar-refractivity contribution in [2.75, 3.05) is 32.6 Å². The fourth-order valence-corrected chi connectivity index (χ4v) is 4.02. The van der Waals surface area contributed by atoms with Gasteiger partial charge in [0.25, 0.3) is 0 Å². The van der Waals surface area contributed by atoms with Crippen LogP contribution in [0.4, 0.5) is 10.3 Å². The predicted octanol–water partition coefficient (Wildman–Crippen LogP) is 4.69. The molecule has 1 aromatic heterocycles. The maximum atomic E-state index is 13.3. The predicted molar refractivity (Wildman–Crippen MR) is 117 cm³/mol. The topological polar surface area (TPSA) is 41.5 Å². The van der Waals surface area contributed by atoms with Gasteiger partial charge in [0.15, 0.2) is 0 Å². The zero-order valence-corrected chi connectivity index (χ0v) is 17.7. The molecule has 0 amide bonds. The Morgan fingerprint density at radius 1 is 1.17 bits per heavy atom. The number of rotatable bonds is 6. The molecule has 4 rings (SSSR count). The van der Waals surface area contributed by atoms with Crippen molar-refractivity contribution in [1.82, 2.24) is 14.9 Å². The van der Waals surface area contributed by atoms with E-state index in [0.29, 0.717) is 5.95 Å². The summed E-state index contributed by atoms with van der Waals surface area (Å²) < 4.78 is 18.7. The molecular weight excluding hydrogens is 379 g/mol. The molecule has 1 fully saturated rings. The van der Waals surface area contributed by atoms with Gasteiger partial charge in [-0.25, -0.2) is 14.4 Å². The van der Waals surface area contributed by atoms with Crippen LogP contribution in [0, 0.1) is 5.82 Å².